The Kier molecular flexibility index (Phi) is 9.22. The van der Waals surface area contributed by atoms with E-state index in [1.54, 1.807) is 7.11 Å². The fourth-order valence-corrected chi connectivity index (χ4v) is 2.56. The number of halogens is 1. The van der Waals surface area contributed by atoms with E-state index in [0.717, 1.165) is 45.0 Å². The van der Waals surface area contributed by atoms with Crippen molar-refractivity contribution in [1.82, 2.24) is 10.6 Å². The number of hydrogen-bond acceptors (Lipinski definition) is 3. The van der Waals surface area contributed by atoms with Crippen LogP contribution in [-0.2, 0) is 4.74 Å². The van der Waals surface area contributed by atoms with Gasteiger partial charge in [0.25, 0.3) is 0 Å². The molecule has 0 radical (unpaired) electrons. The van der Waals surface area contributed by atoms with Crippen LogP contribution in [0.15, 0.2) is 35.3 Å². The van der Waals surface area contributed by atoms with E-state index in [4.69, 9.17) is 4.74 Å². The van der Waals surface area contributed by atoms with Crippen molar-refractivity contribution in [3.63, 3.8) is 0 Å². The average molecular weight is 418 g/mol. The maximum Gasteiger partial charge on any atom is 0.191 e. The Labute approximate surface area is 150 Å². The molecule has 0 aliphatic carbocycles. The first-order valence-electron chi connectivity index (χ1n) is 7.59. The molecular formula is C16H27IN4O. The van der Waals surface area contributed by atoms with Crippen LogP contribution < -0.4 is 15.5 Å². The summed E-state index contributed by atoms with van der Waals surface area (Å²) in [5, 5.41) is 6.82. The first kappa shape index (κ1) is 19.0. The van der Waals surface area contributed by atoms with Crippen molar-refractivity contribution in [2.24, 2.45) is 4.99 Å². The van der Waals surface area contributed by atoms with Gasteiger partial charge < -0.3 is 20.3 Å². The van der Waals surface area contributed by atoms with Crippen LogP contribution in [0.5, 0.6) is 0 Å². The van der Waals surface area contributed by atoms with Gasteiger partial charge in [-0.3, -0.25) is 4.99 Å². The van der Waals surface area contributed by atoms with Crippen LogP contribution in [0.4, 0.5) is 5.69 Å². The van der Waals surface area contributed by atoms with Gasteiger partial charge in [-0.05, 0) is 25.0 Å². The molecule has 6 heteroatoms. The zero-order chi connectivity index (χ0) is 14.9. The summed E-state index contributed by atoms with van der Waals surface area (Å²) >= 11 is 0. The first-order valence-corrected chi connectivity index (χ1v) is 7.59. The average Bonchev–Trinajstić information content (AvgIpc) is 3.00. The van der Waals surface area contributed by atoms with Crippen LogP contribution in [-0.4, -0.2) is 52.4 Å². The third kappa shape index (κ3) is 6.00. The molecule has 0 spiro atoms. The Morgan fingerprint density at radius 1 is 1.36 bits per heavy atom. The summed E-state index contributed by atoms with van der Waals surface area (Å²) in [6.07, 6.45) is 2.12. The van der Waals surface area contributed by atoms with Crippen LogP contribution in [0.2, 0.25) is 0 Å². The molecule has 124 valence electrons. The number of para-hydroxylation sites is 1. The van der Waals surface area contributed by atoms with Crippen molar-refractivity contribution >= 4 is 35.6 Å². The van der Waals surface area contributed by atoms with Crippen LogP contribution in [0.1, 0.15) is 12.8 Å². The van der Waals surface area contributed by atoms with Crippen LogP contribution in [0, 0.1) is 0 Å². The number of hydrogen-bond donors (Lipinski definition) is 2. The zero-order valence-corrected chi connectivity index (χ0v) is 15.7. The third-order valence-corrected chi connectivity index (χ3v) is 3.69. The number of nitrogens with zero attached hydrogens (tertiary/aromatic N) is 2. The van der Waals surface area contributed by atoms with Crippen molar-refractivity contribution < 1.29 is 4.74 Å². The molecule has 1 unspecified atom stereocenters. The number of methoxy groups -OCH3 is 1. The van der Waals surface area contributed by atoms with E-state index in [1.807, 2.05) is 7.05 Å². The van der Waals surface area contributed by atoms with E-state index in [1.165, 1.54) is 5.69 Å². The van der Waals surface area contributed by atoms with Gasteiger partial charge in [-0.25, -0.2) is 0 Å². The van der Waals surface area contributed by atoms with Crippen LogP contribution in [0.25, 0.3) is 0 Å². The van der Waals surface area contributed by atoms with Crippen LogP contribution >= 0.6 is 24.0 Å². The van der Waals surface area contributed by atoms with E-state index < -0.39 is 0 Å². The summed E-state index contributed by atoms with van der Waals surface area (Å²) in [5.41, 5.74) is 1.30. The van der Waals surface area contributed by atoms with Crippen LogP contribution in [0.3, 0.4) is 0 Å². The predicted molar refractivity (Wildman–Crippen MR) is 103 cm³/mol. The first-order chi connectivity index (χ1) is 10.3. The van der Waals surface area contributed by atoms with E-state index in [0.29, 0.717) is 6.04 Å². The Hall–Kier alpha value is -1.02. The van der Waals surface area contributed by atoms with Gasteiger partial charge in [-0.1, -0.05) is 18.2 Å². The SMILES string of the molecule is CN=C(NCCCOC)NC1CCN(c2ccccc2)C1.I. The normalized spacial score (nSPS) is 18.0. The fourth-order valence-electron chi connectivity index (χ4n) is 2.56. The molecule has 5 nitrogen and oxygen atoms in total. The van der Waals surface area contributed by atoms with E-state index >= 15 is 0 Å². The molecule has 2 N–H and O–H groups in total. The molecule has 1 heterocycles. The summed E-state index contributed by atoms with van der Waals surface area (Å²) in [7, 11) is 3.54. The summed E-state index contributed by atoms with van der Waals surface area (Å²) in [6, 6.07) is 11.0. The molecule has 1 aromatic carbocycles. The molecule has 0 amide bonds. The highest BCUT2D eigenvalue weighted by atomic mass is 127. The molecule has 0 saturated carbocycles. The van der Waals surface area contributed by atoms with E-state index in [-0.39, 0.29) is 24.0 Å². The monoisotopic (exact) mass is 418 g/mol. The van der Waals surface area contributed by atoms with Crippen molar-refractivity contribution in [2.75, 3.05) is 45.3 Å². The second-order valence-corrected chi connectivity index (χ2v) is 5.26. The molecule has 1 aromatic rings. The third-order valence-electron chi connectivity index (χ3n) is 3.69. The molecule has 1 atom stereocenters. The molecule has 0 bridgehead atoms. The number of guanidine groups is 1. The molecular weight excluding hydrogens is 391 g/mol. The molecule has 22 heavy (non-hydrogen) atoms. The van der Waals surface area contributed by atoms with Crippen molar-refractivity contribution in [2.45, 2.75) is 18.9 Å². The largest absolute Gasteiger partial charge is 0.385 e. The molecule has 1 saturated heterocycles. The van der Waals surface area contributed by atoms with Gasteiger partial charge in [-0.2, -0.15) is 0 Å². The minimum atomic E-state index is 0. The minimum absolute atomic E-state index is 0. The Morgan fingerprint density at radius 2 is 2.14 bits per heavy atom. The Bertz CT molecular complexity index is 441. The smallest absolute Gasteiger partial charge is 0.191 e. The lowest BCUT2D eigenvalue weighted by molar-refractivity contribution is 0.195. The van der Waals surface area contributed by atoms with E-state index in [9.17, 15) is 0 Å². The van der Waals surface area contributed by atoms with Crippen molar-refractivity contribution in [1.29, 1.82) is 0 Å². The Morgan fingerprint density at radius 3 is 2.82 bits per heavy atom. The summed E-state index contributed by atoms with van der Waals surface area (Å²) in [5.74, 6) is 0.881. The number of benzene rings is 1. The fraction of sp³-hybridized carbons (Fsp3) is 0.562. The van der Waals surface area contributed by atoms with Gasteiger partial charge in [0, 0.05) is 52.1 Å². The number of ether oxygens (including phenoxy) is 1. The molecule has 1 fully saturated rings. The van der Waals surface area contributed by atoms with Gasteiger partial charge in [0.1, 0.15) is 0 Å². The maximum absolute atomic E-state index is 5.05. The molecule has 1 aliphatic heterocycles. The zero-order valence-electron chi connectivity index (χ0n) is 13.4. The molecule has 0 aromatic heterocycles. The quantitative estimate of drug-likeness (QED) is 0.322. The number of aliphatic imine (C=N–C) groups is 1. The highest BCUT2D eigenvalue weighted by molar-refractivity contribution is 14.0. The van der Waals surface area contributed by atoms with Gasteiger partial charge >= 0.3 is 0 Å². The lowest BCUT2D eigenvalue weighted by Gasteiger charge is -2.20. The number of nitrogens with one attached hydrogen (secondary N) is 2. The summed E-state index contributed by atoms with van der Waals surface area (Å²) in [6.45, 7) is 3.75. The van der Waals surface area contributed by atoms with Gasteiger partial charge in [0.15, 0.2) is 5.96 Å². The lowest BCUT2D eigenvalue weighted by Crippen LogP contribution is -2.45. The van der Waals surface area contributed by atoms with Gasteiger partial charge in [-0.15, -0.1) is 24.0 Å². The van der Waals surface area contributed by atoms with Crippen molar-refractivity contribution in [3.8, 4) is 0 Å². The topological polar surface area (TPSA) is 48.9 Å². The maximum atomic E-state index is 5.05. The predicted octanol–water partition coefficient (Wildman–Crippen LogP) is 2.08. The second-order valence-electron chi connectivity index (χ2n) is 5.26. The summed E-state index contributed by atoms with van der Waals surface area (Å²) in [4.78, 5) is 6.69. The highest BCUT2D eigenvalue weighted by Crippen LogP contribution is 2.19. The number of anilines is 1. The van der Waals surface area contributed by atoms with Crippen molar-refractivity contribution in [3.05, 3.63) is 30.3 Å². The lowest BCUT2D eigenvalue weighted by atomic mass is 10.3. The minimum Gasteiger partial charge on any atom is -0.385 e. The van der Waals surface area contributed by atoms with E-state index in [2.05, 4.69) is 50.9 Å². The molecule has 1 aliphatic rings. The second kappa shape index (κ2) is 10.7. The highest BCUT2D eigenvalue weighted by Gasteiger charge is 2.23. The Balaban J connectivity index is 0.00000242. The summed E-state index contributed by atoms with van der Waals surface area (Å²) < 4.78 is 5.05. The molecule has 2 rings (SSSR count). The van der Waals surface area contributed by atoms with Gasteiger partial charge in [0.2, 0.25) is 0 Å². The standard InChI is InChI=1S/C16H26N4O.HI/c1-17-16(18-10-6-12-21-2)19-14-9-11-20(13-14)15-7-4-3-5-8-15;/h3-5,7-8,14H,6,9-13H2,1-2H3,(H2,17,18,19);1H. The van der Waals surface area contributed by atoms with Gasteiger partial charge in [0.05, 0.1) is 0 Å². The number of rotatable bonds is 6.